The highest BCUT2D eigenvalue weighted by molar-refractivity contribution is 8.00. The van der Waals surface area contributed by atoms with Crippen molar-refractivity contribution in [2.45, 2.75) is 47.9 Å². The first-order valence-electron chi connectivity index (χ1n) is 7.46. The molecule has 0 bridgehead atoms. The number of nitrogens with one attached hydrogen (secondary N) is 1. The fraction of sp³-hybridized carbons (Fsp3) is 0.625. The molecule has 3 rings (SSSR count). The maximum Gasteiger partial charge on any atom is 0.0124 e. The SMILES string of the molecule is CN1CCC(NC2CC(Sc3ccccc3)C2)CC1. The van der Waals surface area contributed by atoms with E-state index in [1.54, 1.807) is 0 Å². The van der Waals surface area contributed by atoms with Crippen LogP contribution in [0.25, 0.3) is 0 Å². The standard InChI is InChI=1S/C16H24N2S/c1-18-9-7-13(8-10-18)17-14-11-16(12-14)19-15-5-3-2-4-6-15/h2-6,13-14,16-17H,7-12H2,1H3. The van der Waals surface area contributed by atoms with E-state index in [1.165, 1.54) is 43.7 Å². The first kappa shape index (κ1) is 13.5. The number of rotatable bonds is 4. The molecule has 0 radical (unpaired) electrons. The molecule has 0 aromatic heterocycles. The van der Waals surface area contributed by atoms with E-state index in [4.69, 9.17) is 0 Å². The number of likely N-dealkylation sites (tertiary alicyclic amines) is 1. The quantitative estimate of drug-likeness (QED) is 0.910. The summed E-state index contributed by atoms with van der Waals surface area (Å²) in [5, 5.41) is 4.68. The van der Waals surface area contributed by atoms with Crippen molar-refractivity contribution in [3.05, 3.63) is 30.3 Å². The highest BCUT2D eigenvalue weighted by atomic mass is 32.2. The molecule has 1 aliphatic heterocycles. The van der Waals surface area contributed by atoms with Crippen LogP contribution in [-0.2, 0) is 0 Å². The smallest absolute Gasteiger partial charge is 0.0124 e. The van der Waals surface area contributed by atoms with Gasteiger partial charge < -0.3 is 10.2 Å². The van der Waals surface area contributed by atoms with Crippen LogP contribution in [0.3, 0.4) is 0 Å². The minimum atomic E-state index is 0.767. The molecule has 1 saturated carbocycles. The number of thioether (sulfide) groups is 1. The summed E-state index contributed by atoms with van der Waals surface area (Å²) in [5.41, 5.74) is 0. The fourth-order valence-corrected chi connectivity index (χ4v) is 4.35. The van der Waals surface area contributed by atoms with Crippen molar-refractivity contribution in [1.82, 2.24) is 10.2 Å². The van der Waals surface area contributed by atoms with E-state index < -0.39 is 0 Å². The molecule has 1 aromatic carbocycles. The third kappa shape index (κ3) is 3.74. The van der Waals surface area contributed by atoms with Crippen molar-refractivity contribution in [3.8, 4) is 0 Å². The van der Waals surface area contributed by atoms with Gasteiger partial charge in [-0.25, -0.2) is 0 Å². The normalized spacial score (nSPS) is 29.1. The number of benzene rings is 1. The second-order valence-corrected chi connectivity index (χ2v) is 7.34. The Morgan fingerprint density at radius 3 is 2.42 bits per heavy atom. The number of nitrogens with zero attached hydrogens (tertiary/aromatic N) is 1. The van der Waals surface area contributed by atoms with Gasteiger partial charge in [0.05, 0.1) is 0 Å². The molecule has 104 valence electrons. The Bertz CT molecular complexity index is 381. The van der Waals surface area contributed by atoms with Gasteiger partial charge in [0.1, 0.15) is 0 Å². The molecule has 3 heteroatoms. The zero-order valence-electron chi connectivity index (χ0n) is 11.7. The molecule has 1 aliphatic carbocycles. The van der Waals surface area contributed by atoms with Gasteiger partial charge in [0.2, 0.25) is 0 Å². The molecule has 2 fully saturated rings. The molecule has 2 aliphatic rings. The molecule has 0 amide bonds. The molecule has 0 spiro atoms. The summed E-state index contributed by atoms with van der Waals surface area (Å²) in [4.78, 5) is 3.86. The third-order valence-electron chi connectivity index (χ3n) is 4.33. The molecule has 0 atom stereocenters. The summed E-state index contributed by atoms with van der Waals surface area (Å²) in [6.07, 6.45) is 5.32. The Hall–Kier alpha value is -0.510. The summed E-state index contributed by atoms with van der Waals surface area (Å²) in [6.45, 7) is 2.51. The van der Waals surface area contributed by atoms with Gasteiger partial charge in [-0.3, -0.25) is 0 Å². The van der Waals surface area contributed by atoms with Gasteiger partial charge in [0.15, 0.2) is 0 Å². The lowest BCUT2D eigenvalue weighted by Gasteiger charge is -2.40. The van der Waals surface area contributed by atoms with Crippen LogP contribution in [0.5, 0.6) is 0 Å². The third-order valence-corrected chi connectivity index (χ3v) is 5.59. The van der Waals surface area contributed by atoms with Crippen LogP contribution < -0.4 is 5.32 Å². The minimum Gasteiger partial charge on any atom is -0.311 e. The summed E-state index contributed by atoms with van der Waals surface area (Å²) >= 11 is 2.05. The largest absolute Gasteiger partial charge is 0.311 e. The Balaban J connectivity index is 1.36. The Morgan fingerprint density at radius 2 is 1.74 bits per heavy atom. The lowest BCUT2D eigenvalue weighted by molar-refractivity contribution is 0.205. The summed E-state index contributed by atoms with van der Waals surface area (Å²) in [5.74, 6) is 0. The Labute approximate surface area is 121 Å². The van der Waals surface area contributed by atoms with Crippen LogP contribution in [-0.4, -0.2) is 42.4 Å². The summed E-state index contributed by atoms with van der Waals surface area (Å²) in [6, 6.07) is 12.4. The fourth-order valence-electron chi connectivity index (χ4n) is 3.00. The van der Waals surface area contributed by atoms with Gasteiger partial charge in [-0.05, 0) is 58.0 Å². The lowest BCUT2D eigenvalue weighted by Crippen LogP contribution is -2.50. The Morgan fingerprint density at radius 1 is 1.05 bits per heavy atom. The minimum absolute atomic E-state index is 0.767. The molecule has 1 aromatic rings. The summed E-state index contributed by atoms with van der Waals surface area (Å²) < 4.78 is 0. The van der Waals surface area contributed by atoms with Gasteiger partial charge in [-0.1, -0.05) is 18.2 Å². The van der Waals surface area contributed by atoms with E-state index in [-0.39, 0.29) is 0 Å². The average Bonchev–Trinajstić information content (AvgIpc) is 2.40. The van der Waals surface area contributed by atoms with E-state index in [9.17, 15) is 0 Å². The van der Waals surface area contributed by atoms with Gasteiger partial charge in [-0.2, -0.15) is 0 Å². The monoisotopic (exact) mass is 276 g/mol. The maximum absolute atomic E-state index is 3.85. The van der Waals surface area contributed by atoms with E-state index in [0.29, 0.717) is 0 Å². The number of hydrogen-bond donors (Lipinski definition) is 1. The van der Waals surface area contributed by atoms with E-state index in [0.717, 1.165) is 17.3 Å². The van der Waals surface area contributed by atoms with Crippen LogP contribution >= 0.6 is 11.8 Å². The van der Waals surface area contributed by atoms with Gasteiger partial charge in [0, 0.05) is 22.2 Å². The lowest BCUT2D eigenvalue weighted by atomic mass is 9.90. The second-order valence-electron chi connectivity index (χ2n) is 5.97. The van der Waals surface area contributed by atoms with Crippen LogP contribution in [0.4, 0.5) is 0 Å². The molecule has 0 unspecified atom stereocenters. The van der Waals surface area contributed by atoms with Crippen molar-refractivity contribution in [2.24, 2.45) is 0 Å². The Kier molecular flexibility index (Phi) is 4.46. The van der Waals surface area contributed by atoms with Crippen molar-refractivity contribution in [1.29, 1.82) is 0 Å². The zero-order valence-corrected chi connectivity index (χ0v) is 12.5. The molecule has 2 nitrogen and oxygen atoms in total. The molecular weight excluding hydrogens is 252 g/mol. The van der Waals surface area contributed by atoms with Gasteiger partial charge in [0.25, 0.3) is 0 Å². The highest BCUT2D eigenvalue weighted by Crippen LogP contribution is 2.37. The molecule has 1 heterocycles. The summed E-state index contributed by atoms with van der Waals surface area (Å²) in [7, 11) is 2.23. The first-order chi connectivity index (χ1) is 9.29. The highest BCUT2D eigenvalue weighted by Gasteiger charge is 2.31. The maximum atomic E-state index is 3.85. The zero-order chi connectivity index (χ0) is 13.1. The first-order valence-corrected chi connectivity index (χ1v) is 8.34. The molecule has 19 heavy (non-hydrogen) atoms. The van der Waals surface area contributed by atoms with Crippen molar-refractivity contribution >= 4 is 11.8 Å². The van der Waals surface area contributed by atoms with Crippen molar-refractivity contribution in [2.75, 3.05) is 20.1 Å². The van der Waals surface area contributed by atoms with E-state index >= 15 is 0 Å². The average molecular weight is 276 g/mol. The van der Waals surface area contributed by atoms with Crippen molar-refractivity contribution in [3.63, 3.8) is 0 Å². The van der Waals surface area contributed by atoms with E-state index in [1.807, 2.05) is 11.8 Å². The van der Waals surface area contributed by atoms with Crippen LogP contribution in [0.15, 0.2) is 35.2 Å². The van der Waals surface area contributed by atoms with Crippen LogP contribution in [0.2, 0.25) is 0 Å². The van der Waals surface area contributed by atoms with Crippen LogP contribution in [0.1, 0.15) is 25.7 Å². The number of hydrogen-bond acceptors (Lipinski definition) is 3. The van der Waals surface area contributed by atoms with Crippen LogP contribution in [0, 0.1) is 0 Å². The van der Waals surface area contributed by atoms with E-state index in [2.05, 4.69) is 47.6 Å². The predicted molar refractivity (Wildman–Crippen MR) is 82.8 cm³/mol. The molecule has 1 saturated heterocycles. The van der Waals surface area contributed by atoms with Gasteiger partial charge in [-0.15, -0.1) is 11.8 Å². The van der Waals surface area contributed by atoms with Gasteiger partial charge >= 0.3 is 0 Å². The molecule has 1 N–H and O–H groups in total. The number of piperidine rings is 1. The predicted octanol–water partition coefficient (Wildman–Crippen LogP) is 2.99. The van der Waals surface area contributed by atoms with Crippen molar-refractivity contribution < 1.29 is 0 Å². The second kappa shape index (κ2) is 6.29. The molecular formula is C16H24N2S. The topological polar surface area (TPSA) is 15.3 Å².